The summed E-state index contributed by atoms with van der Waals surface area (Å²) in [6.45, 7) is 0.876. The lowest BCUT2D eigenvalue weighted by molar-refractivity contribution is 0.660. The summed E-state index contributed by atoms with van der Waals surface area (Å²) in [5.41, 5.74) is 0. The Labute approximate surface area is 42.1 Å². The summed E-state index contributed by atoms with van der Waals surface area (Å²) in [6, 6.07) is 0. The highest BCUT2D eigenvalue weighted by Crippen LogP contribution is 1.84. The maximum atomic E-state index is 8.07. The van der Waals surface area contributed by atoms with Gasteiger partial charge in [-0.25, -0.2) is 0 Å². The average Bonchev–Trinajstić information content (AvgIpc) is 1.61. The lowest BCUT2D eigenvalue weighted by atomic mass is 10.8. The van der Waals surface area contributed by atoms with Crippen molar-refractivity contribution in [3.05, 3.63) is 0 Å². The minimum Gasteiger partial charge on any atom is -0.330 e. The van der Waals surface area contributed by atoms with Crippen molar-refractivity contribution in [3.63, 3.8) is 0 Å². The topological polar surface area (TPSA) is 32.3 Å². The van der Waals surface area contributed by atoms with Crippen molar-refractivity contribution < 1.29 is 4.55 Å². The van der Waals surface area contributed by atoms with Crippen molar-refractivity contribution >= 4 is 12.0 Å². The van der Waals surface area contributed by atoms with Crippen LogP contribution < -0.4 is 5.32 Å². The molecule has 0 aromatic carbocycles. The Morgan fingerprint density at radius 2 is 2.50 bits per heavy atom. The van der Waals surface area contributed by atoms with Gasteiger partial charge in [0.15, 0.2) is 0 Å². The first-order chi connectivity index (χ1) is 2.91. The van der Waals surface area contributed by atoms with Crippen LogP contribution in [0.1, 0.15) is 0 Å². The van der Waals surface area contributed by atoms with E-state index in [0.29, 0.717) is 0 Å². The molecule has 0 saturated heterocycles. The van der Waals surface area contributed by atoms with Crippen LogP contribution in [-0.2, 0) is 0 Å². The Morgan fingerprint density at radius 3 is 2.67 bits per heavy atom. The van der Waals surface area contributed by atoms with Gasteiger partial charge in [0, 0.05) is 12.3 Å². The average molecular weight is 107 g/mol. The Kier molecular flexibility index (Phi) is 5.51. The van der Waals surface area contributed by atoms with Crippen LogP contribution in [-0.4, -0.2) is 23.9 Å². The van der Waals surface area contributed by atoms with Crippen LogP contribution in [0.4, 0.5) is 0 Å². The fourth-order valence-corrected chi connectivity index (χ4v) is 0.443. The van der Waals surface area contributed by atoms with Crippen LogP contribution in [0.2, 0.25) is 0 Å². The number of hydrogen-bond donors (Lipinski definition) is 2. The van der Waals surface area contributed by atoms with Crippen molar-refractivity contribution in [3.8, 4) is 0 Å². The Morgan fingerprint density at radius 1 is 1.83 bits per heavy atom. The molecule has 0 unspecified atom stereocenters. The second-order valence-corrected chi connectivity index (χ2v) is 1.60. The third-order valence-electron chi connectivity index (χ3n) is 0.443. The quantitative estimate of drug-likeness (QED) is 0.405. The summed E-state index contributed by atoms with van der Waals surface area (Å²) < 4.78 is 8.07. The van der Waals surface area contributed by atoms with Gasteiger partial charge in [0.05, 0.1) is 0 Å². The first-order valence-corrected chi connectivity index (χ1v) is 2.77. The van der Waals surface area contributed by atoms with Crippen LogP contribution in [0.25, 0.3) is 0 Å². The molecule has 0 bridgehead atoms. The van der Waals surface area contributed by atoms with Gasteiger partial charge in [0.25, 0.3) is 0 Å². The predicted octanol–water partition coefficient (Wildman–Crippen LogP) is 0.412. The second kappa shape index (κ2) is 5.27. The highest BCUT2D eigenvalue weighted by atomic mass is 32.2. The van der Waals surface area contributed by atoms with Crippen LogP contribution in [0, 0.1) is 0 Å². The molecule has 3 heteroatoms. The molecule has 38 valence electrons. The molecular weight excluding hydrogens is 98.1 g/mol. The predicted molar refractivity (Wildman–Crippen MR) is 29.0 cm³/mol. The van der Waals surface area contributed by atoms with E-state index in [4.69, 9.17) is 4.55 Å². The van der Waals surface area contributed by atoms with Crippen LogP contribution in [0.15, 0.2) is 0 Å². The summed E-state index contributed by atoms with van der Waals surface area (Å²) in [5, 5.41) is 2.89. The zero-order chi connectivity index (χ0) is 4.83. The van der Waals surface area contributed by atoms with Gasteiger partial charge in [0.2, 0.25) is 0 Å². The van der Waals surface area contributed by atoms with E-state index in [1.165, 1.54) is 0 Å². The molecule has 0 rings (SSSR count). The van der Waals surface area contributed by atoms with Crippen molar-refractivity contribution in [1.29, 1.82) is 0 Å². The molecule has 0 aromatic rings. The van der Waals surface area contributed by atoms with Crippen molar-refractivity contribution in [2.45, 2.75) is 0 Å². The van der Waals surface area contributed by atoms with Crippen LogP contribution in [0.5, 0.6) is 0 Å². The van der Waals surface area contributed by atoms with E-state index >= 15 is 0 Å². The normalized spacial score (nSPS) is 9.00. The SMILES string of the molecule is CNCCSO. The van der Waals surface area contributed by atoms with Crippen molar-refractivity contribution in [2.75, 3.05) is 19.3 Å². The Hall–Kier alpha value is 0.270. The van der Waals surface area contributed by atoms with E-state index < -0.39 is 0 Å². The first-order valence-electron chi connectivity index (χ1n) is 1.82. The summed E-state index contributed by atoms with van der Waals surface area (Å²) >= 11 is 0.864. The van der Waals surface area contributed by atoms with Gasteiger partial charge in [-0.2, -0.15) is 0 Å². The minimum absolute atomic E-state index is 0.774. The third-order valence-corrected chi connectivity index (χ3v) is 0.830. The lowest BCUT2D eigenvalue weighted by Crippen LogP contribution is -2.09. The van der Waals surface area contributed by atoms with E-state index in [9.17, 15) is 0 Å². The van der Waals surface area contributed by atoms with Gasteiger partial charge in [0.1, 0.15) is 0 Å². The smallest absolute Gasteiger partial charge is 0.0320 e. The second-order valence-electron chi connectivity index (χ2n) is 0.937. The minimum atomic E-state index is 0.774. The summed E-state index contributed by atoms with van der Waals surface area (Å²) in [7, 11) is 1.86. The monoisotopic (exact) mass is 107 g/mol. The molecule has 0 radical (unpaired) electrons. The number of nitrogens with one attached hydrogen (secondary N) is 1. The van der Waals surface area contributed by atoms with Crippen molar-refractivity contribution in [2.24, 2.45) is 0 Å². The van der Waals surface area contributed by atoms with Gasteiger partial charge in [-0.15, -0.1) is 0 Å². The molecule has 0 saturated carbocycles. The molecule has 0 aromatic heterocycles. The fraction of sp³-hybridized carbons (Fsp3) is 1.00. The zero-order valence-corrected chi connectivity index (χ0v) is 4.59. The molecule has 0 aliphatic heterocycles. The fourth-order valence-electron chi connectivity index (χ4n) is 0.148. The molecule has 2 nitrogen and oxygen atoms in total. The van der Waals surface area contributed by atoms with E-state index in [-0.39, 0.29) is 0 Å². The zero-order valence-electron chi connectivity index (χ0n) is 3.77. The molecule has 0 amide bonds. The maximum absolute atomic E-state index is 8.07. The molecule has 0 heterocycles. The molecule has 0 spiro atoms. The van der Waals surface area contributed by atoms with Gasteiger partial charge in [-0.1, -0.05) is 0 Å². The number of hydrogen-bond acceptors (Lipinski definition) is 3. The van der Waals surface area contributed by atoms with Gasteiger partial charge in [-0.05, 0) is 19.1 Å². The molecule has 0 fully saturated rings. The van der Waals surface area contributed by atoms with E-state index in [1.54, 1.807) is 0 Å². The Balaban J connectivity index is 2.34. The third kappa shape index (κ3) is 4.27. The van der Waals surface area contributed by atoms with Gasteiger partial charge < -0.3 is 9.87 Å². The Bertz CT molecular complexity index is 22.8. The first kappa shape index (κ1) is 6.27. The molecule has 0 atom stereocenters. The summed E-state index contributed by atoms with van der Waals surface area (Å²) in [6.07, 6.45) is 0. The van der Waals surface area contributed by atoms with Gasteiger partial charge in [-0.3, -0.25) is 0 Å². The molecule has 0 aliphatic carbocycles. The standard InChI is InChI=1S/C3H9NOS/c1-4-2-3-6-5/h4-5H,2-3H2,1H3. The van der Waals surface area contributed by atoms with E-state index in [0.717, 1.165) is 24.3 Å². The van der Waals surface area contributed by atoms with Crippen LogP contribution >= 0.6 is 12.0 Å². The summed E-state index contributed by atoms with van der Waals surface area (Å²) in [5.74, 6) is 0.774. The van der Waals surface area contributed by atoms with E-state index in [2.05, 4.69) is 5.32 Å². The van der Waals surface area contributed by atoms with Gasteiger partial charge >= 0.3 is 0 Å². The molecule has 0 aliphatic rings. The molecule has 6 heavy (non-hydrogen) atoms. The summed E-state index contributed by atoms with van der Waals surface area (Å²) in [4.78, 5) is 0. The number of rotatable bonds is 3. The largest absolute Gasteiger partial charge is 0.330 e. The lowest BCUT2D eigenvalue weighted by Gasteiger charge is -1.88. The highest BCUT2D eigenvalue weighted by Gasteiger charge is 1.75. The molecular formula is C3H9NOS. The highest BCUT2D eigenvalue weighted by molar-refractivity contribution is 7.93. The molecule has 2 N–H and O–H groups in total. The van der Waals surface area contributed by atoms with Crippen molar-refractivity contribution in [1.82, 2.24) is 5.32 Å². The van der Waals surface area contributed by atoms with E-state index in [1.807, 2.05) is 7.05 Å². The maximum Gasteiger partial charge on any atom is 0.0320 e. The van der Waals surface area contributed by atoms with Crippen LogP contribution in [0.3, 0.4) is 0 Å².